The molecule has 27 heavy (non-hydrogen) atoms. The Morgan fingerprint density at radius 1 is 1.26 bits per heavy atom. The summed E-state index contributed by atoms with van der Waals surface area (Å²) in [6.07, 6.45) is 0. The van der Waals surface area contributed by atoms with Gasteiger partial charge >= 0.3 is 11.0 Å². The molecule has 0 unspecified atom stereocenters. The number of aryl methyl sites for hydroxylation is 1. The van der Waals surface area contributed by atoms with Crippen LogP contribution in [0.4, 0.5) is 5.00 Å². The van der Waals surface area contributed by atoms with Gasteiger partial charge in [-0.2, -0.15) is 4.99 Å². The first-order valence-electron chi connectivity index (χ1n) is 7.98. The molecule has 0 aliphatic heterocycles. The molecule has 0 saturated heterocycles. The zero-order valence-corrected chi connectivity index (χ0v) is 16.1. The topological polar surface area (TPSA) is 104 Å². The standard InChI is InChI=1S/C17H15N3O5S2/c1-3-25-15(21)9-19-11-5-4-10(2)8-13(11)27-17(19)18-16(22)12-6-7-14(26-12)20(23)24/h4-8H,3,9H2,1-2H3. The lowest BCUT2D eigenvalue weighted by Crippen LogP contribution is -2.23. The first-order chi connectivity index (χ1) is 12.9. The number of aromatic nitrogens is 1. The minimum atomic E-state index is -0.589. The number of rotatable bonds is 5. The number of amides is 1. The first-order valence-corrected chi connectivity index (χ1v) is 9.61. The number of thiazole rings is 1. The fourth-order valence-corrected chi connectivity index (χ4v) is 4.27. The van der Waals surface area contributed by atoms with Gasteiger partial charge in [0.25, 0.3) is 5.91 Å². The Kier molecular flexibility index (Phi) is 5.47. The van der Waals surface area contributed by atoms with E-state index in [1.54, 1.807) is 11.5 Å². The maximum atomic E-state index is 12.5. The van der Waals surface area contributed by atoms with Crippen LogP contribution in [0.1, 0.15) is 22.2 Å². The Balaban J connectivity index is 2.07. The second-order valence-corrected chi connectivity index (χ2v) is 7.63. The van der Waals surface area contributed by atoms with Gasteiger partial charge in [0, 0.05) is 6.07 Å². The molecule has 0 radical (unpaired) electrons. The average molecular weight is 405 g/mol. The highest BCUT2D eigenvalue weighted by atomic mass is 32.1. The number of thiophene rings is 1. The van der Waals surface area contributed by atoms with Crippen LogP contribution >= 0.6 is 22.7 Å². The third kappa shape index (κ3) is 4.12. The SMILES string of the molecule is CCOC(=O)Cn1c(=NC(=O)c2ccc([N+](=O)[O-])s2)sc2cc(C)ccc21. The molecule has 0 fully saturated rings. The third-order valence-electron chi connectivity index (χ3n) is 3.61. The fraction of sp³-hybridized carbons (Fsp3) is 0.235. The van der Waals surface area contributed by atoms with Crippen LogP contribution in [0.25, 0.3) is 10.2 Å². The summed E-state index contributed by atoms with van der Waals surface area (Å²) in [4.78, 5) is 39.3. The van der Waals surface area contributed by atoms with Crippen LogP contribution in [-0.4, -0.2) is 28.0 Å². The molecule has 0 spiro atoms. The predicted molar refractivity (Wildman–Crippen MR) is 102 cm³/mol. The number of benzene rings is 1. The number of carbonyl (C=O) groups excluding carboxylic acids is 2. The summed E-state index contributed by atoms with van der Waals surface area (Å²) in [7, 11) is 0. The van der Waals surface area contributed by atoms with Crippen LogP contribution in [-0.2, 0) is 16.1 Å². The summed E-state index contributed by atoms with van der Waals surface area (Å²) in [5.74, 6) is -1.02. The van der Waals surface area contributed by atoms with Gasteiger partial charge in [0.1, 0.15) is 11.4 Å². The van der Waals surface area contributed by atoms with Crippen LogP contribution in [0.2, 0.25) is 0 Å². The third-order valence-corrected chi connectivity index (χ3v) is 5.68. The molecule has 2 aromatic heterocycles. The van der Waals surface area contributed by atoms with Crippen molar-refractivity contribution in [3.8, 4) is 0 Å². The molecular weight excluding hydrogens is 390 g/mol. The van der Waals surface area contributed by atoms with E-state index in [9.17, 15) is 19.7 Å². The van der Waals surface area contributed by atoms with Gasteiger partial charge in [-0.3, -0.25) is 19.7 Å². The summed E-state index contributed by atoms with van der Waals surface area (Å²) >= 11 is 2.04. The van der Waals surface area contributed by atoms with Gasteiger partial charge in [0.15, 0.2) is 4.80 Å². The van der Waals surface area contributed by atoms with Gasteiger partial charge in [-0.1, -0.05) is 28.7 Å². The lowest BCUT2D eigenvalue weighted by Gasteiger charge is -2.05. The highest BCUT2D eigenvalue weighted by molar-refractivity contribution is 7.17. The van der Waals surface area contributed by atoms with Crippen molar-refractivity contribution in [1.29, 1.82) is 0 Å². The van der Waals surface area contributed by atoms with E-state index in [-0.39, 0.29) is 23.0 Å². The van der Waals surface area contributed by atoms with Gasteiger partial charge in [-0.25, -0.2) is 0 Å². The van der Waals surface area contributed by atoms with Crippen molar-refractivity contribution in [2.24, 2.45) is 4.99 Å². The minimum Gasteiger partial charge on any atom is -0.465 e. The van der Waals surface area contributed by atoms with Gasteiger partial charge in [-0.15, -0.1) is 0 Å². The summed E-state index contributed by atoms with van der Waals surface area (Å²) in [6.45, 7) is 3.84. The van der Waals surface area contributed by atoms with Crippen LogP contribution in [0.5, 0.6) is 0 Å². The monoisotopic (exact) mass is 405 g/mol. The molecule has 3 rings (SSSR count). The van der Waals surface area contributed by atoms with E-state index in [0.29, 0.717) is 4.80 Å². The van der Waals surface area contributed by atoms with Crippen LogP contribution in [0.3, 0.4) is 0 Å². The molecule has 0 atom stereocenters. The molecule has 0 aliphatic carbocycles. The Morgan fingerprint density at radius 3 is 2.70 bits per heavy atom. The molecule has 8 nitrogen and oxygen atoms in total. The molecule has 0 N–H and O–H groups in total. The van der Waals surface area contributed by atoms with E-state index in [1.165, 1.54) is 23.5 Å². The van der Waals surface area contributed by atoms with Crippen molar-refractivity contribution in [2.75, 3.05) is 6.61 Å². The average Bonchev–Trinajstić information content (AvgIpc) is 3.21. The van der Waals surface area contributed by atoms with E-state index in [4.69, 9.17) is 4.74 Å². The number of ether oxygens (including phenoxy) is 1. The van der Waals surface area contributed by atoms with Crippen LogP contribution in [0.15, 0.2) is 35.3 Å². The van der Waals surface area contributed by atoms with Gasteiger partial charge in [0.05, 0.1) is 21.7 Å². The highest BCUT2D eigenvalue weighted by Crippen LogP contribution is 2.25. The summed E-state index contributed by atoms with van der Waals surface area (Å²) in [5.41, 5.74) is 1.81. The first kappa shape index (κ1) is 18.9. The molecule has 140 valence electrons. The molecule has 1 aromatic carbocycles. The van der Waals surface area contributed by atoms with E-state index >= 15 is 0 Å². The van der Waals surface area contributed by atoms with E-state index < -0.39 is 16.8 Å². The Bertz CT molecular complexity index is 1110. The largest absolute Gasteiger partial charge is 0.465 e. The molecule has 10 heteroatoms. The molecule has 3 aromatic rings. The molecule has 0 bridgehead atoms. The van der Waals surface area contributed by atoms with Crippen LogP contribution in [0, 0.1) is 17.0 Å². The zero-order chi connectivity index (χ0) is 19.6. The quantitative estimate of drug-likeness (QED) is 0.368. The number of fused-ring (bicyclic) bond motifs is 1. The van der Waals surface area contributed by atoms with Crippen molar-refractivity contribution >= 4 is 49.8 Å². The van der Waals surface area contributed by atoms with Crippen molar-refractivity contribution in [2.45, 2.75) is 20.4 Å². The minimum absolute atomic E-state index is 0.0758. The zero-order valence-electron chi connectivity index (χ0n) is 14.5. The van der Waals surface area contributed by atoms with Crippen molar-refractivity contribution in [1.82, 2.24) is 4.57 Å². The second-order valence-electron chi connectivity index (χ2n) is 5.56. The number of hydrogen-bond donors (Lipinski definition) is 0. The van der Waals surface area contributed by atoms with Crippen molar-refractivity contribution < 1.29 is 19.2 Å². The number of nitrogens with zero attached hydrogens (tertiary/aromatic N) is 3. The number of carbonyl (C=O) groups is 2. The molecule has 2 heterocycles. The maximum Gasteiger partial charge on any atom is 0.326 e. The molecule has 1 amide bonds. The normalized spacial score (nSPS) is 11.7. The Labute approximate surface area is 161 Å². The fourth-order valence-electron chi connectivity index (χ4n) is 2.44. The molecular formula is C17H15N3O5S2. The maximum absolute atomic E-state index is 12.5. The number of esters is 1. The Hall–Kier alpha value is -2.85. The molecule has 0 saturated carbocycles. The lowest BCUT2D eigenvalue weighted by atomic mass is 10.2. The number of hydrogen-bond acceptors (Lipinski definition) is 7. The highest BCUT2D eigenvalue weighted by Gasteiger charge is 2.16. The number of nitro groups is 1. The predicted octanol–water partition coefficient (Wildman–Crippen LogP) is 3.29. The van der Waals surface area contributed by atoms with Crippen molar-refractivity contribution in [3.05, 3.63) is 55.7 Å². The summed E-state index contributed by atoms with van der Waals surface area (Å²) in [5, 5.41) is 10.7. The van der Waals surface area contributed by atoms with Crippen molar-refractivity contribution in [3.63, 3.8) is 0 Å². The van der Waals surface area contributed by atoms with E-state index in [0.717, 1.165) is 27.1 Å². The van der Waals surface area contributed by atoms with Gasteiger partial charge in [-0.05, 0) is 37.6 Å². The summed E-state index contributed by atoms with van der Waals surface area (Å²) < 4.78 is 7.51. The van der Waals surface area contributed by atoms with Gasteiger partial charge in [0.2, 0.25) is 0 Å². The Morgan fingerprint density at radius 2 is 2.04 bits per heavy atom. The van der Waals surface area contributed by atoms with Gasteiger partial charge < -0.3 is 9.30 Å². The molecule has 0 aliphatic rings. The van der Waals surface area contributed by atoms with Crippen LogP contribution < -0.4 is 4.80 Å². The van der Waals surface area contributed by atoms with E-state index in [1.807, 2.05) is 25.1 Å². The second kappa shape index (κ2) is 7.80. The smallest absolute Gasteiger partial charge is 0.326 e. The summed E-state index contributed by atoms with van der Waals surface area (Å²) in [6, 6.07) is 8.36. The lowest BCUT2D eigenvalue weighted by molar-refractivity contribution is -0.380. The van der Waals surface area contributed by atoms with E-state index in [2.05, 4.69) is 4.99 Å².